The number of carbonyl (C=O) groups is 1. The van der Waals surface area contributed by atoms with Crippen molar-refractivity contribution in [1.29, 1.82) is 0 Å². The summed E-state index contributed by atoms with van der Waals surface area (Å²) in [5, 5.41) is -0.210. The molecule has 1 unspecified atom stereocenters. The van der Waals surface area contributed by atoms with Gasteiger partial charge in [-0.05, 0) is 52.0 Å². The number of benzene rings is 1. The predicted molar refractivity (Wildman–Crippen MR) is 116 cm³/mol. The van der Waals surface area contributed by atoms with E-state index in [1.165, 1.54) is 25.3 Å². The van der Waals surface area contributed by atoms with Crippen molar-refractivity contribution in [2.24, 2.45) is 4.40 Å². The standard InChI is InChI=1S/C21H20F6N2O3S2/c1-5-32-18(30)14-7-6-8-28-17(14)33-16-12(11-29-34(31)19(2,3)4)9-13(20(22,23)24)10-15(16)21(25,26)27/h6-11H,5H2,1-4H3. The van der Waals surface area contributed by atoms with Gasteiger partial charge < -0.3 is 4.74 Å². The lowest BCUT2D eigenvalue weighted by Crippen LogP contribution is -2.20. The van der Waals surface area contributed by atoms with Crippen LogP contribution in [0.3, 0.4) is 0 Å². The number of halogens is 6. The van der Waals surface area contributed by atoms with Gasteiger partial charge in [-0.3, -0.25) is 0 Å². The summed E-state index contributed by atoms with van der Waals surface area (Å²) in [5.74, 6) is -0.859. The summed E-state index contributed by atoms with van der Waals surface area (Å²) in [6.07, 6.45) is -8.35. The Bertz CT molecular complexity index is 1110. The highest BCUT2D eigenvalue weighted by atomic mass is 32.2. The lowest BCUT2D eigenvalue weighted by atomic mass is 10.1. The smallest absolute Gasteiger partial charge is 0.417 e. The molecule has 0 N–H and O–H groups in total. The van der Waals surface area contributed by atoms with Crippen molar-refractivity contribution in [3.05, 3.63) is 52.7 Å². The molecular weight excluding hydrogens is 506 g/mol. The number of hydrogen-bond donors (Lipinski definition) is 0. The largest absolute Gasteiger partial charge is 0.462 e. The van der Waals surface area contributed by atoms with Crippen LogP contribution in [0.2, 0.25) is 0 Å². The van der Waals surface area contributed by atoms with E-state index in [0.29, 0.717) is 24.0 Å². The highest BCUT2D eigenvalue weighted by molar-refractivity contribution is 7.99. The van der Waals surface area contributed by atoms with E-state index in [4.69, 9.17) is 4.74 Å². The third kappa shape index (κ3) is 7.05. The Kier molecular flexibility index (Phi) is 8.57. The number of carbonyl (C=O) groups excluding carboxylic acids is 1. The average molecular weight is 527 g/mol. The van der Waals surface area contributed by atoms with Crippen LogP contribution in [-0.4, -0.2) is 32.7 Å². The van der Waals surface area contributed by atoms with Gasteiger partial charge in [-0.1, -0.05) is 11.8 Å². The molecule has 0 aliphatic carbocycles. The first-order valence-electron chi connectivity index (χ1n) is 9.64. The molecule has 186 valence electrons. The molecule has 1 aromatic carbocycles. The molecule has 0 fully saturated rings. The third-order valence-corrected chi connectivity index (χ3v) is 6.55. The summed E-state index contributed by atoms with van der Waals surface area (Å²) in [6, 6.07) is 3.09. The number of rotatable bonds is 6. The molecule has 1 heterocycles. The number of nitrogens with zero attached hydrogens (tertiary/aromatic N) is 2. The number of alkyl halides is 6. The molecule has 0 bridgehead atoms. The molecule has 0 saturated carbocycles. The molecule has 1 atom stereocenters. The molecule has 0 amide bonds. The van der Waals surface area contributed by atoms with Crippen LogP contribution in [0.15, 0.2) is 44.8 Å². The summed E-state index contributed by atoms with van der Waals surface area (Å²) in [4.78, 5) is 15.5. The van der Waals surface area contributed by atoms with E-state index in [0.717, 1.165) is 0 Å². The van der Waals surface area contributed by atoms with Crippen molar-refractivity contribution in [2.45, 2.75) is 54.7 Å². The fourth-order valence-electron chi connectivity index (χ4n) is 2.43. The molecule has 0 aliphatic heterocycles. The van der Waals surface area contributed by atoms with Crippen molar-refractivity contribution < 1.29 is 40.1 Å². The minimum Gasteiger partial charge on any atom is -0.462 e. The number of hydrogen-bond acceptors (Lipinski definition) is 5. The van der Waals surface area contributed by atoms with Gasteiger partial charge >= 0.3 is 18.3 Å². The number of aromatic nitrogens is 1. The van der Waals surface area contributed by atoms with Gasteiger partial charge in [0.05, 0.1) is 28.0 Å². The molecular formula is C21H20F6N2O3S2. The SMILES string of the molecule is CCOC(=O)c1cccnc1Sc1c(C=NS(=O)C(C)(C)C)cc(C(F)(F)F)cc1C(F)(F)F. The van der Waals surface area contributed by atoms with Crippen molar-refractivity contribution in [2.75, 3.05) is 6.61 Å². The van der Waals surface area contributed by atoms with Crippen LogP contribution in [0.25, 0.3) is 0 Å². The summed E-state index contributed by atoms with van der Waals surface area (Å²) >= 11 is 0.338. The van der Waals surface area contributed by atoms with Gasteiger partial charge in [-0.15, -0.1) is 0 Å². The zero-order valence-electron chi connectivity index (χ0n) is 18.4. The molecule has 34 heavy (non-hydrogen) atoms. The summed E-state index contributed by atoms with van der Waals surface area (Å²) in [6.45, 7) is 6.15. The highest BCUT2D eigenvalue weighted by Gasteiger charge is 2.40. The maximum absolute atomic E-state index is 13.9. The molecule has 0 spiro atoms. The number of pyridine rings is 1. The molecule has 0 saturated heterocycles. The van der Waals surface area contributed by atoms with E-state index in [-0.39, 0.29) is 23.3 Å². The summed E-state index contributed by atoms with van der Waals surface area (Å²) < 4.78 is 102. The Morgan fingerprint density at radius 1 is 1.15 bits per heavy atom. The zero-order valence-corrected chi connectivity index (χ0v) is 20.0. The molecule has 5 nitrogen and oxygen atoms in total. The molecule has 2 rings (SSSR count). The second-order valence-electron chi connectivity index (χ2n) is 7.71. The lowest BCUT2D eigenvalue weighted by Gasteiger charge is -2.19. The Morgan fingerprint density at radius 2 is 1.79 bits per heavy atom. The van der Waals surface area contributed by atoms with Crippen LogP contribution in [0.5, 0.6) is 0 Å². The number of ether oxygens (including phenoxy) is 1. The van der Waals surface area contributed by atoms with Gasteiger partial charge in [0.2, 0.25) is 0 Å². The monoisotopic (exact) mass is 526 g/mol. The van der Waals surface area contributed by atoms with E-state index < -0.39 is 55.6 Å². The van der Waals surface area contributed by atoms with E-state index >= 15 is 0 Å². The molecule has 0 aliphatic rings. The van der Waals surface area contributed by atoms with Crippen LogP contribution >= 0.6 is 11.8 Å². The zero-order chi connectivity index (χ0) is 25.9. The fraction of sp³-hybridized carbons (Fsp3) is 0.381. The quantitative estimate of drug-likeness (QED) is 0.250. The molecule has 0 radical (unpaired) electrons. The van der Waals surface area contributed by atoms with E-state index in [1.54, 1.807) is 20.8 Å². The number of esters is 1. The second kappa shape index (κ2) is 10.5. The molecule has 13 heteroatoms. The normalized spacial score (nSPS) is 13.8. The minimum absolute atomic E-state index is 0.0115. The first-order valence-corrected chi connectivity index (χ1v) is 11.6. The van der Waals surface area contributed by atoms with Crippen molar-refractivity contribution in [1.82, 2.24) is 4.98 Å². The highest BCUT2D eigenvalue weighted by Crippen LogP contribution is 2.44. The van der Waals surface area contributed by atoms with Crippen LogP contribution < -0.4 is 0 Å². The lowest BCUT2D eigenvalue weighted by molar-refractivity contribution is -0.144. The van der Waals surface area contributed by atoms with Gasteiger partial charge in [0.15, 0.2) is 0 Å². The first kappa shape index (κ1) is 27.8. The van der Waals surface area contributed by atoms with E-state index in [9.17, 15) is 35.3 Å². The maximum atomic E-state index is 13.9. The van der Waals surface area contributed by atoms with Crippen LogP contribution in [0.1, 0.15) is 54.7 Å². The molecule has 1 aromatic heterocycles. The van der Waals surface area contributed by atoms with Gasteiger partial charge in [0.25, 0.3) is 0 Å². The van der Waals surface area contributed by atoms with Gasteiger partial charge in [0, 0.05) is 22.9 Å². The second-order valence-corrected chi connectivity index (χ2v) is 10.6. The van der Waals surface area contributed by atoms with Crippen LogP contribution in [-0.2, 0) is 28.1 Å². The molecule has 2 aromatic rings. The maximum Gasteiger partial charge on any atom is 0.417 e. The summed E-state index contributed by atoms with van der Waals surface area (Å²) in [7, 11) is -1.95. The van der Waals surface area contributed by atoms with Crippen LogP contribution in [0.4, 0.5) is 26.3 Å². The van der Waals surface area contributed by atoms with Gasteiger partial charge in [0.1, 0.15) is 16.0 Å². The Balaban J connectivity index is 2.78. The van der Waals surface area contributed by atoms with Gasteiger partial charge in [-0.25, -0.2) is 14.0 Å². The van der Waals surface area contributed by atoms with Gasteiger partial charge in [-0.2, -0.15) is 30.7 Å². The Morgan fingerprint density at radius 3 is 2.32 bits per heavy atom. The minimum atomic E-state index is -5.19. The predicted octanol–water partition coefficient (Wildman–Crippen LogP) is 6.33. The van der Waals surface area contributed by atoms with Crippen molar-refractivity contribution in [3.8, 4) is 0 Å². The van der Waals surface area contributed by atoms with Crippen molar-refractivity contribution in [3.63, 3.8) is 0 Å². The average Bonchev–Trinajstić information content (AvgIpc) is 2.70. The first-order chi connectivity index (χ1) is 15.6. The van der Waals surface area contributed by atoms with Crippen molar-refractivity contribution >= 4 is 34.9 Å². The fourth-order valence-corrected chi connectivity index (χ4v) is 4.04. The van der Waals surface area contributed by atoms with E-state index in [1.807, 2.05) is 0 Å². The topological polar surface area (TPSA) is 68.6 Å². The third-order valence-electron chi connectivity index (χ3n) is 4.03. The Labute approximate surface area is 198 Å². The summed E-state index contributed by atoms with van der Waals surface area (Å²) in [5.41, 5.74) is -3.90. The van der Waals surface area contributed by atoms with E-state index in [2.05, 4.69) is 9.38 Å². The Hall–Kier alpha value is -2.41. The van der Waals surface area contributed by atoms with Crippen LogP contribution in [0, 0.1) is 0 Å².